The molecule has 1 fully saturated rings. The van der Waals surface area contributed by atoms with Gasteiger partial charge in [0.2, 0.25) is 5.43 Å². The third-order valence-electron chi connectivity index (χ3n) is 6.75. The molecule has 0 bridgehead atoms. The topological polar surface area (TPSA) is 88.6 Å². The van der Waals surface area contributed by atoms with Gasteiger partial charge < -0.3 is 20.3 Å². The summed E-state index contributed by atoms with van der Waals surface area (Å²) in [5.74, 6) is -1.57. The summed E-state index contributed by atoms with van der Waals surface area (Å²) in [5.41, 5.74) is 8.74. The van der Waals surface area contributed by atoms with Crippen LogP contribution in [0.4, 0.5) is 10.1 Å². The molecule has 1 unspecified atom stereocenters. The van der Waals surface area contributed by atoms with Crippen molar-refractivity contribution in [3.8, 4) is 11.1 Å². The fourth-order valence-electron chi connectivity index (χ4n) is 4.80. The van der Waals surface area contributed by atoms with Crippen LogP contribution in [-0.4, -0.2) is 35.3 Å². The lowest BCUT2D eigenvalue weighted by Crippen LogP contribution is -2.24. The number of aromatic carboxylic acids is 1. The second kappa shape index (κ2) is 9.35. The van der Waals surface area contributed by atoms with Crippen molar-refractivity contribution in [2.75, 3.05) is 24.5 Å². The molecule has 7 heteroatoms. The van der Waals surface area contributed by atoms with Gasteiger partial charge in [0.05, 0.1) is 11.2 Å². The van der Waals surface area contributed by atoms with Crippen LogP contribution in [0.1, 0.15) is 22.3 Å². The van der Waals surface area contributed by atoms with Crippen molar-refractivity contribution in [1.82, 2.24) is 4.57 Å². The fraction of sp³-hybridized carbons (Fsp3) is 0.214. The number of hydrogen-bond donors (Lipinski definition) is 2. The third kappa shape index (κ3) is 4.42. The fourth-order valence-corrected chi connectivity index (χ4v) is 4.80. The largest absolute Gasteiger partial charge is 0.477 e. The lowest BCUT2D eigenvalue weighted by Gasteiger charge is -2.21. The van der Waals surface area contributed by atoms with Crippen molar-refractivity contribution in [1.29, 1.82) is 0 Å². The molecular weight excluding hydrogens is 445 g/mol. The van der Waals surface area contributed by atoms with Crippen molar-refractivity contribution in [2.45, 2.75) is 13.0 Å². The van der Waals surface area contributed by atoms with E-state index in [9.17, 15) is 14.7 Å². The maximum Gasteiger partial charge on any atom is 0.341 e. The molecule has 0 aliphatic carbocycles. The van der Waals surface area contributed by atoms with Crippen molar-refractivity contribution < 1.29 is 14.3 Å². The minimum absolute atomic E-state index is 0.0571. The molecule has 3 aromatic carbocycles. The minimum atomic E-state index is -1.33. The first kappa shape index (κ1) is 22.8. The van der Waals surface area contributed by atoms with Crippen LogP contribution >= 0.6 is 0 Å². The van der Waals surface area contributed by atoms with Crippen LogP contribution in [0.2, 0.25) is 0 Å². The maximum absolute atomic E-state index is 15.1. The van der Waals surface area contributed by atoms with Gasteiger partial charge in [0.15, 0.2) is 0 Å². The van der Waals surface area contributed by atoms with Crippen LogP contribution < -0.4 is 16.1 Å². The molecule has 1 saturated heterocycles. The lowest BCUT2D eigenvalue weighted by molar-refractivity contribution is 0.0695. The van der Waals surface area contributed by atoms with E-state index in [2.05, 4.69) is 0 Å². The first-order valence-electron chi connectivity index (χ1n) is 11.6. The first-order valence-corrected chi connectivity index (χ1v) is 11.6. The molecule has 0 amide bonds. The Morgan fingerprint density at radius 1 is 1.06 bits per heavy atom. The van der Waals surface area contributed by atoms with Gasteiger partial charge in [0.1, 0.15) is 11.4 Å². The SMILES string of the molecule is NCC1CCN(c2cc3c(cc2F)c(=O)c(C(=O)O)cn3Cc2ccc(-c3ccccc3)cc2)C1. The molecule has 0 saturated carbocycles. The summed E-state index contributed by atoms with van der Waals surface area (Å²) in [6.07, 6.45) is 2.24. The Labute approximate surface area is 202 Å². The van der Waals surface area contributed by atoms with E-state index in [1.54, 1.807) is 10.6 Å². The molecule has 6 nitrogen and oxygen atoms in total. The zero-order valence-electron chi connectivity index (χ0n) is 19.2. The maximum atomic E-state index is 15.1. The molecule has 35 heavy (non-hydrogen) atoms. The quantitative estimate of drug-likeness (QED) is 0.437. The molecule has 5 rings (SSSR count). The van der Waals surface area contributed by atoms with Gasteiger partial charge in [-0.2, -0.15) is 0 Å². The number of rotatable bonds is 6. The monoisotopic (exact) mass is 471 g/mol. The molecule has 0 radical (unpaired) electrons. The smallest absolute Gasteiger partial charge is 0.341 e. The van der Waals surface area contributed by atoms with E-state index in [0.717, 1.165) is 23.1 Å². The van der Waals surface area contributed by atoms with Gasteiger partial charge in [0.25, 0.3) is 0 Å². The summed E-state index contributed by atoms with van der Waals surface area (Å²) in [5, 5.41) is 9.66. The van der Waals surface area contributed by atoms with E-state index in [0.29, 0.717) is 43.3 Å². The molecule has 178 valence electrons. The lowest BCUT2D eigenvalue weighted by atomic mass is 10.0. The summed E-state index contributed by atoms with van der Waals surface area (Å²) in [4.78, 5) is 26.6. The van der Waals surface area contributed by atoms with Gasteiger partial charge in [-0.3, -0.25) is 4.79 Å². The number of halogens is 1. The van der Waals surface area contributed by atoms with Crippen LogP contribution in [0.15, 0.2) is 77.7 Å². The molecule has 3 N–H and O–H groups in total. The highest BCUT2D eigenvalue weighted by molar-refractivity contribution is 5.93. The van der Waals surface area contributed by atoms with Crippen molar-refractivity contribution in [3.05, 3.63) is 100 Å². The predicted molar refractivity (Wildman–Crippen MR) is 135 cm³/mol. The molecule has 1 aliphatic heterocycles. The van der Waals surface area contributed by atoms with Gasteiger partial charge >= 0.3 is 5.97 Å². The Bertz CT molecular complexity index is 1450. The second-order valence-electron chi connectivity index (χ2n) is 9.03. The molecule has 1 aliphatic rings. The van der Waals surface area contributed by atoms with Crippen LogP contribution in [0.25, 0.3) is 22.0 Å². The number of hydrogen-bond acceptors (Lipinski definition) is 4. The number of benzene rings is 3. The Balaban J connectivity index is 1.57. The second-order valence-corrected chi connectivity index (χ2v) is 9.03. The highest BCUT2D eigenvalue weighted by Crippen LogP contribution is 2.30. The van der Waals surface area contributed by atoms with Gasteiger partial charge in [-0.25, -0.2) is 9.18 Å². The summed E-state index contributed by atoms with van der Waals surface area (Å²) < 4.78 is 16.8. The average molecular weight is 472 g/mol. The first-order chi connectivity index (χ1) is 16.9. The van der Waals surface area contributed by atoms with Gasteiger partial charge in [-0.1, -0.05) is 54.6 Å². The number of carboxylic acid groups (broad SMARTS) is 1. The summed E-state index contributed by atoms with van der Waals surface area (Å²) in [6, 6.07) is 20.8. The van der Waals surface area contributed by atoms with Gasteiger partial charge in [-0.05, 0) is 47.7 Å². The number of pyridine rings is 1. The highest BCUT2D eigenvalue weighted by atomic mass is 19.1. The normalized spacial score (nSPS) is 15.6. The third-order valence-corrected chi connectivity index (χ3v) is 6.75. The van der Waals surface area contributed by atoms with E-state index >= 15 is 4.39 Å². The number of nitrogens with two attached hydrogens (primary N) is 1. The highest BCUT2D eigenvalue weighted by Gasteiger charge is 2.25. The molecule has 4 aromatic rings. The van der Waals surface area contributed by atoms with Crippen molar-refractivity contribution in [2.24, 2.45) is 11.7 Å². The van der Waals surface area contributed by atoms with Crippen LogP contribution in [0.5, 0.6) is 0 Å². The zero-order valence-corrected chi connectivity index (χ0v) is 19.2. The zero-order chi connectivity index (χ0) is 24.5. The molecule has 1 atom stereocenters. The summed E-state index contributed by atoms with van der Waals surface area (Å²) >= 11 is 0. The van der Waals surface area contributed by atoms with E-state index in [4.69, 9.17) is 5.73 Å². The van der Waals surface area contributed by atoms with E-state index in [-0.39, 0.29) is 10.9 Å². The number of carbonyl (C=O) groups is 1. The average Bonchev–Trinajstić information content (AvgIpc) is 3.35. The van der Waals surface area contributed by atoms with E-state index in [1.165, 1.54) is 12.3 Å². The molecule has 2 heterocycles. The summed E-state index contributed by atoms with van der Waals surface area (Å²) in [7, 11) is 0. The van der Waals surface area contributed by atoms with Crippen molar-refractivity contribution in [3.63, 3.8) is 0 Å². The molecule has 0 spiro atoms. The number of carboxylic acids is 1. The van der Waals surface area contributed by atoms with Crippen molar-refractivity contribution >= 4 is 22.6 Å². The number of aromatic nitrogens is 1. The predicted octanol–water partition coefficient (Wildman–Crippen LogP) is 4.34. The Kier molecular flexibility index (Phi) is 6.09. The Hall–Kier alpha value is -3.97. The van der Waals surface area contributed by atoms with E-state index in [1.807, 2.05) is 59.5 Å². The van der Waals surface area contributed by atoms with Crippen LogP contribution in [0.3, 0.4) is 0 Å². The standard InChI is InChI=1S/C28H26FN3O3/c29-24-12-22-25(13-26(24)31-11-10-19(14-30)16-31)32(17-23(27(22)33)28(34)35)15-18-6-8-21(9-7-18)20-4-2-1-3-5-20/h1-9,12-13,17,19H,10-11,14-16,30H2,(H,34,35). The summed E-state index contributed by atoms with van der Waals surface area (Å²) in [6.45, 7) is 2.21. The van der Waals surface area contributed by atoms with E-state index < -0.39 is 17.2 Å². The van der Waals surface area contributed by atoms with Crippen LogP contribution in [-0.2, 0) is 6.54 Å². The Morgan fingerprint density at radius 3 is 2.43 bits per heavy atom. The molecular formula is C28H26FN3O3. The Morgan fingerprint density at radius 2 is 1.77 bits per heavy atom. The molecule has 1 aromatic heterocycles. The van der Waals surface area contributed by atoms with Crippen LogP contribution in [0, 0.1) is 11.7 Å². The number of anilines is 1. The number of fused-ring (bicyclic) bond motifs is 1. The van der Waals surface area contributed by atoms with Gasteiger partial charge in [0, 0.05) is 31.2 Å². The number of nitrogens with zero attached hydrogens (tertiary/aromatic N) is 2. The van der Waals surface area contributed by atoms with Gasteiger partial charge in [-0.15, -0.1) is 0 Å². The minimum Gasteiger partial charge on any atom is -0.477 e.